The first-order valence-electron chi connectivity index (χ1n) is 9.41. The van der Waals surface area contributed by atoms with Gasteiger partial charge in [-0.25, -0.2) is 5.43 Å². The molecule has 1 aliphatic heterocycles. The second-order valence-corrected chi connectivity index (χ2v) is 6.59. The third-order valence-electron chi connectivity index (χ3n) is 4.58. The molecule has 0 radical (unpaired) electrons. The maximum atomic E-state index is 12.3. The Balaban J connectivity index is 1.29. The van der Waals surface area contributed by atoms with Crippen LogP contribution in [0, 0.1) is 0 Å². The summed E-state index contributed by atoms with van der Waals surface area (Å²) in [7, 11) is 1.65. The molecule has 0 spiro atoms. The average Bonchev–Trinajstić information content (AvgIpc) is 3.26. The van der Waals surface area contributed by atoms with Crippen molar-refractivity contribution in [3.63, 3.8) is 0 Å². The van der Waals surface area contributed by atoms with Crippen molar-refractivity contribution in [1.29, 1.82) is 0 Å². The van der Waals surface area contributed by atoms with E-state index < -0.39 is 0 Å². The number of carbonyl (C=O) groups excluding carboxylic acids is 1. The minimum atomic E-state index is -0.284. The average molecular weight is 403 g/mol. The Labute approximate surface area is 174 Å². The fourth-order valence-corrected chi connectivity index (χ4v) is 2.91. The molecule has 0 saturated heterocycles. The zero-order valence-electron chi connectivity index (χ0n) is 16.4. The van der Waals surface area contributed by atoms with Crippen LogP contribution in [-0.4, -0.2) is 26.0 Å². The predicted molar refractivity (Wildman–Crippen MR) is 114 cm³/mol. The molecule has 0 aliphatic carbocycles. The Morgan fingerprint density at radius 1 is 1.03 bits per heavy atom. The molecular weight excluding hydrogens is 382 g/mol. The van der Waals surface area contributed by atoms with E-state index in [1.807, 2.05) is 48.5 Å². The van der Waals surface area contributed by atoms with Crippen LogP contribution >= 0.6 is 0 Å². The number of benzene rings is 3. The van der Waals surface area contributed by atoms with Gasteiger partial charge in [-0.3, -0.25) is 4.79 Å². The summed E-state index contributed by atoms with van der Waals surface area (Å²) in [5.74, 6) is 1.92. The largest absolute Gasteiger partial charge is 0.497 e. The molecule has 0 fully saturated rings. The predicted octanol–water partition coefficient (Wildman–Crippen LogP) is 3.80. The molecule has 3 aromatic rings. The number of rotatable bonds is 7. The van der Waals surface area contributed by atoms with Gasteiger partial charge in [-0.05, 0) is 65.7 Å². The summed E-state index contributed by atoms with van der Waals surface area (Å²) < 4.78 is 15.8. The number of nitrogens with one attached hydrogen (secondary N) is 2. The second kappa shape index (κ2) is 9.00. The second-order valence-electron chi connectivity index (χ2n) is 6.59. The van der Waals surface area contributed by atoms with Crippen LogP contribution in [0.2, 0.25) is 0 Å². The number of amides is 1. The van der Waals surface area contributed by atoms with E-state index in [0.717, 1.165) is 22.6 Å². The van der Waals surface area contributed by atoms with Gasteiger partial charge < -0.3 is 19.5 Å². The standard InChI is InChI=1S/C23H21N3O4/c1-28-20-9-2-16(3-10-20)13-24-19-7-5-18(6-8-19)23(27)26-25-14-17-4-11-21-22(12-17)30-15-29-21/h2-12,14,24H,13,15H2,1H3,(H,26,27)/b25-14-. The van der Waals surface area contributed by atoms with Crippen LogP contribution in [0.25, 0.3) is 0 Å². The van der Waals surface area contributed by atoms with Gasteiger partial charge in [-0.15, -0.1) is 0 Å². The van der Waals surface area contributed by atoms with Crippen LogP contribution in [0.4, 0.5) is 5.69 Å². The van der Waals surface area contributed by atoms with Crippen LogP contribution < -0.4 is 25.0 Å². The van der Waals surface area contributed by atoms with E-state index in [1.165, 1.54) is 0 Å². The summed E-state index contributed by atoms with van der Waals surface area (Å²) >= 11 is 0. The summed E-state index contributed by atoms with van der Waals surface area (Å²) in [6.07, 6.45) is 1.56. The number of anilines is 1. The molecule has 0 unspecified atom stereocenters. The smallest absolute Gasteiger partial charge is 0.271 e. The Bertz CT molecular complexity index is 1050. The van der Waals surface area contributed by atoms with Gasteiger partial charge in [0.05, 0.1) is 13.3 Å². The number of hydrogen-bond acceptors (Lipinski definition) is 6. The van der Waals surface area contributed by atoms with Crippen molar-refractivity contribution in [2.75, 3.05) is 19.2 Å². The molecular formula is C23H21N3O4. The molecule has 7 heteroatoms. The summed E-state index contributed by atoms with van der Waals surface area (Å²) in [5.41, 5.74) is 5.91. The lowest BCUT2D eigenvalue weighted by molar-refractivity contribution is 0.0955. The van der Waals surface area contributed by atoms with Crippen molar-refractivity contribution < 1.29 is 19.0 Å². The fourth-order valence-electron chi connectivity index (χ4n) is 2.91. The van der Waals surface area contributed by atoms with Gasteiger partial charge >= 0.3 is 0 Å². The maximum absolute atomic E-state index is 12.3. The van der Waals surface area contributed by atoms with Crippen molar-refractivity contribution in [2.24, 2.45) is 5.10 Å². The summed E-state index contributed by atoms with van der Waals surface area (Å²) in [6.45, 7) is 0.896. The molecule has 4 rings (SSSR count). The first kappa shape index (κ1) is 19.3. The van der Waals surface area contributed by atoms with Gasteiger partial charge in [0, 0.05) is 17.8 Å². The van der Waals surface area contributed by atoms with Crippen LogP contribution in [0.15, 0.2) is 71.8 Å². The van der Waals surface area contributed by atoms with Crippen LogP contribution in [-0.2, 0) is 6.54 Å². The van der Waals surface area contributed by atoms with Crippen LogP contribution in [0.3, 0.4) is 0 Å². The minimum Gasteiger partial charge on any atom is -0.497 e. The van der Waals surface area contributed by atoms with Crippen molar-refractivity contribution >= 4 is 17.8 Å². The third kappa shape index (κ3) is 4.70. The summed E-state index contributed by atoms with van der Waals surface area (Å²) in [6, 6.07) is 20.5. The highest BCUT2D eigenvalue weighted by molar-refractivity contribution is 5.95. The van der Waals surface area contributed by atoms with Gasteiger partial charge in [-0.1, -0.05) is 12.1 Å². The fraction of sp³-hybridized carbons (Fsp3) is 0.130. The van der Waals surface area contributed by atoms with Crippen molar-refractivity contribution in [2.45, 2.75) is 6.54 Å². The first-order valence-corrected chi connectivity index (χ1v) is 9.41. The van der Waals surface area contributed by atoms with E-state index in [1.54, 1.807) is 31.5 Å². The number of fused-ring (bicyclic) bond motifs is 1. The Hall–Kier alpha value is -4.00. The zero-order valence-corrected chi connectivity index (χ0v) is 16.4. The quantitative estimate of drug-likeness (QED) is 0.463. The van der Waals surface area contributed by atoms with Gasteiger partial charge in [0.1, 0.15) is 5.75 Å². The Morgan fingerprint density at radius 3 is 2.57 bits per heavy atom. The number of ether oxygens (including phenoxy) is 3. The number of methoxy groups -OCH3 is 1. The molecule has 1 heterocycles. The molecule has 1 aliphatic rings. The molecule has 0 saturated carbocycles. The minimum absolute atomic E-state index is 0.220. The monoisotopic (exact) mass is 403 g/mol. The van der Waals surface area contributed by atoms with Crippen LogP contribution in [0.1, 0.15) is 21.5 Å². The maximum Gasteiger partial charge on any atom is 0.271 e. The van der Waals surface area contributed by atoms with Gasteiger partial charge in [0.15, 0.2) is 11.5 Å². The molecule has 1 amide bonds. The lowest BCUT2D eigenvalue weighted by atomic mass is 10.2. The lowest BCUT2D eigenvalue weighted by Gasteiger charge is -2.08. The topological polar surface area (TPSA) is 81.2 Å². The molecule has 30 heavy (non-hydrogen) atoms. The Morgan fingerprint density at radius 2 is 1.80 bits per heavy atom. The third-order valence-corrected chi connectivity index (χ3v) is 4.58. The number of nitrogens with zero attached hydrogens (tertiary/aromatic N) is 1. The van der Waals surface area contributed by atoms with Gasteiger partial charge in [0.25, 0.3) is 5.91 Å². The highest BCUT2D eigenvalue weighted by Crippen LogP contribution is 2.31. The van der Waals surface area contributed by atoms with E-state index in [4.69, 9.17) is 14.2 Å². The van der Waals surface area contributed by atoms with Crippen molar-refractivity contribution in [3.05, 3.63) is 83.4 Å². The molecule has 7 nitrogen and oxygen atoms in total. The van der Waals surface area contributed by atoms with Crippen LogP contribution in [0.5, 0.6) is 17.2 Å². The highest BCUT2D eigenvalue weighted by Gasteiger charge is 2.12. The summed E-state index contributed by atoms with van der Waals surface area (Å²) in [5, 5.41) is 7.33. The van der Waals surface area contributed by atoms with E-state index in [-0.39, 0.29) is 12.7 Å². The van der Waals surface area contributed by atoms with E-state index >= 15 is 0 Å². The Kier molecular flexibility index (Phi) is 5.80. The van der Waals surface area contributed by atoms with Gasteiger partial charge in [-0.2, -0.15) is 5.10 Å². The summed E-state index contributed by atoms with van der Waals surface area (Å²) in [4.78, 5) is 12.3. The number of hydrogen-bond donors (Lipinski definition) is 2. The molecule has 2 N–H and O–H groups in total. The van der Waals surface area contributed by atoms with E-state index in [0.29, 0.717) is 23.6 Å². The van der Waals surface area contributed by atoms with Crippen molar-refractivity contribution in [3.8, 4) is 17.2 Å². The van der Waals surface area contributed by atoms with Gasteiger partial charge in [0.2, 0.25) is 6.79 Å². The van der Waals surface area contributed by atoms with Crippen molar-refractivity contribution in [1.82, 2.24) is 5.43 Å². The first-order chi connectivity index (χ1) is 14.7. The normalized spacial score (nSPS) is 12.0. The van der Waals surface area contributed by atoms with E-state index in [2.05, 4.69) is 15.8 Å². The van der Waals surface area contributed by atoms with E-state index in [9.17, 15) is 4.79 Å². The molecule has 152 valence electrons. The molecule has 0 atom stereocenters. The SMILES string of the molecule is COc1ccc(CNc2ccc(C(=O)N/N=C\c3ccc4c(c3)OCO4)cc2)cc1. The number of hydrazone groups is 1. The highest BCUT2D eigenvalue weighted by atomic mass is 16.7. The number of carbonyl (C=O) groups is 1. The molecule has 0 aromatic heterocycles. The lowest BCUT2D eigenvalue weighted by Crippen LogP contribution is -2.17. The zero-order chi connectivity index (χ0) is 20.8. The molecule has 0 bridgehead atoms. The molecule has 3 aromatic carbocycles.